The van der Waals surface area contributed by atoms with E-state index >= 15 is 0 Å². The van der Waals surface area contributed by atoms with Gasteiger partial charge in [0.2, 0.25) is 0 Å². The lowest BCUT2D eigenvalue weighted by atomic mass is 9.98. The van der Waals surface area contributed by atoms with Crippen LogP contribution in [0, 0.1) is 0 Å². The summed E-state index contributed by atoms with van der Waals surface area (Å²) in [6.45, 7) is 3.84. The Morgan fingerprint density at radius 2 is 1.68 bits per heavy atom. The number of benzene rings is 3. The van der Waals surface area contributed by atoms with E-state index in [0.29, 0.717) is 11.5 Å². The van der Waals surface area contributed by atoms with E-state index in [0.717, 1.165) is 12.0 Å². The number of rotatable bonds is 10. The number of phenols is 1. The summed E-state index contributed by atoms with van der Waals surface area (Å²) in [6.07, 6.45) is 0.921. The molecule has 0 heterocycles. The number of hydrogen-bond donors (Lipinski definition) is 3. The molecule has 0 aliphatic rings. The second-order valence-corrected chi connectivity index (χ2v) is 9.35. The summed E-state index contributed by atoms with van der Waals surface area (Å²) < 4.78 is 39.1. The third-order valence-corrected chi connectivity index (χ3v) is 6.69. The van der Waals surface area contributed by atoms with Gasteiger partial charge in [0, 0.05) is 0 Å². The molecule has 3 aromatic carbocycles. The molecule has 1 amide bonds. The summed E-state index contributed by atoms with van der Waals surface area (Å²) in [5.41, 5.74) is 1.21. The summed E-state index contributed by atoms with van der Waals surface area (Å²) in [7, 11) is -2.58. The molecular formula is C25H28N2O6S. The molecule has 0 aliphatic carbocycles. The van der Waals surface area contributed by atoms with E-state index in [4.69, 9.17) is 9.47 Å². The van der Waals surface area contributed by atoms with Crippen molar-refractivity contribution in [1.29, 1.82) is 0 Å². The minimum atomic E-state index is -4.02. The highest BCUT2D eigenvalue weighted by molar-refractivity contribution is 7.92. The fraction of sp³-hybridized carbons (Fsp3) is 0.240. The highest BCUT2D eigenvalue weighted by Gasteiger charge is 2.19. The molecule has 0 fully saturated rings. The molecule has 0 spiro atoms. The average Bonchev–Trinajstić information content (AvgIpc) is 2.83. The zero-order chi connectivity index (χ0) is 24.7. The van der Waals surface area contributed by atoms with Gasteiger partial charge in [0.05, 0.1) is 23.4 Å². The van der Waals surface area contributed by atoms with Crippen LogP contribution in [0.3, 0.4) is 0 Å². The molecule has 0 aliphatic heterocycles. The Hall–Kier alpha value is -3.72. The Bertz CT molecular complexity index is 1260. The van der Waals surface area contributed by atoms with Gasteiger partial charge in [0.25, 0.3) is 15.9 Å². The molecule has 0 radical (unpaired) electrons. The number of anilines is 2. The lowest BCUT2D eigenvalue weighted by Gasteiger charge is -2.16. The maximum atomic E-state index is 12.9. The zero-order valence-electron chi connectivity index (χ0n) is 19.2. The molecule has 3 rings (SSSR count). The number of phenolic OH excluding ortho intramolecular Hbond substituents is 1. The molecule has 9 heteroatoms. The minimum Gasteiger partial charge on any atom is -0.506 e. The van der Waals surface area contributed by atoms with E-state index in [2.05, 4.69) is 23.9 Å². The van der Waals surface area contributed by atoms with E-state index in [1.54, 1.807) is 30.3 Å². The molecular weight excluding hydrogens is 456 g/mol. The summed E-state index contributed by atoms with van der Waals surface area (Å²) >= 11 is 0. The number of aromatic hydroxyl groups is 1. The van der Waals surface area contributed by atoms with Crippen LogP contribution in [0.25, 0.3) is 0 Å². The minimum absolute atomic E-state index is 0.0493. The first kappa shape index (κ1) is 24.9. The fourth-order valence-electron chi connectivity index (χ4n) is 3.28. The van der Waals surface area contributed by atoms with E-state index in [9.17, 15) is 18.3 Å². The first-order valence-electron chi connectivity index (χ1n) is 10.8. The number of sulfonamides is 1. The van der Waals surface area contributed by atoms with Crippen molar-refractivity contribution >= 4 is 27.3 Å². The van der Waals surface area contributed by atoms with Crippen molar-refractivity contribution < 1.29 is 27.8 Å². The lowest BCUT2D eigenvalue weighted by Crippen LogP contribution is -2.21. The smallest absolute Gasteiger partial charge is 0.262 e. The van der Waals surface area contributed by atoms with Crippen LogP contribution in [-0.2, 0) is 14.8 Å². The van der Waals surface area contributed by atoms with Gasteiger partial charge in [-0.1, -0.05) is 44.2 Å². The normalized spacial score (nSPS) is 12.0. The Morgan fingerprint density at radius 1 is 1.00 bits per heavy atom. The standard InChI is InChI=1S/C25H28N2O6S/c1-4-17(2)19-9-5-7-11-23(19)33-16-25(29)26-21-15-18(13-14-22(21)28)34(30,31)27-20-10-6-8-12-24(20)32-3/h5-15,17,27-28H,4,16H2,1-3H3,(H,26,29). The van der Waals surface area contributed by atoms with Crippen molar-refractivity contribution in [3.8, 4) is 17.2 Å². The van der Waals surface area contributed by atoms with Gasteiger partial charge in [-0.2, -0.15) is 0 Å². The van der Waals surface area contributed by atoms with Gasteiger partial charge in [-0.05, 0) is 54.3 Å². The number of para-hydroxylation sites is 3. The van der Waals surface area contributed by atoms with Gasteiger partial charge in [-0.25, -0.2) is 8.42 Å². The largest absolute Gasteiger partial charge is 0.506 e. The van der Waals surface area contributed by atoms with Crippen molar-refractivity contribution in [1.82, 2.24) is 0 Å². The van der Waals surface area contributed by atoms with Crippen LogP contribution in [-0.4, -0.2) is 33.1 Å². The maximum Gasteiger partial charge on any atom is 0.262 e. The zero-order valence-corrected chi connectivity index (χ0v) is 20.1. The number of ether oxygens (including phenoxy) is 2. The van der Waals surface area contributed by atoms with Gasteiger partial charge >= 0.3 is 0 Å². The molecule has 0 saturated heterocycles. The van der Waals surface area contributed by atoms with Crippen molar-refractivity contribution in [2.24, 2.45) is 0 Å². The van der Waals surface area contributed by atoms with Crippen LogP contribution < -0.4 is 19.5 Å². The fourth-order valence-corrected chi connectivity index (χ4v) is 4.38. The molecule has 180 valence electrons. The number of nitrogens with one attached hydrogen (secondary N) is 2. The number of carbonyl (C=O) groups is 1. The number of hydrogen-bond acceptors (Lipinski definition) is 6. The topological polar surface area (TPSA) is 114 Å². The van der Waals surface area contributed by atoms with Gasteiger partial charge in [0.1, 0.15) is 17.2 Å². The van der Waals surface area contributed by atoms with E-state index in [1.165, 1.54) is 25.3 Å². The van der Waals surface area contributed by atoms with Crippen LogP contribution in [0.1, 0.15) is 31.7 Å². The quantitative estimate of drug-likeness (QED) is 0.359. The molecule has 0 aromatic heterocycles. The summed E-state index contributed by atoms with van der Waals surface area (Å²) in [5, 5.41) is 12.7. The van der Waals surface area contributed by atoms with Crippen LogP contribution in [0.5, 0.6) is 17.2 Å². The monoisotopic (exact) mass is 484 g/mol. The van der Waals surface area contributed by atoms with Gasteiger partial charge in [0.15, 0.2) is 6.61 Å². The third kappa shape index (κ3) is 5.99. The van der Waals surface area contributed by atoms with Crippen LogP contribution in [0.2, 0.25) is 0 Å². The Labute approximate surface area is 199 Å². The first-order chi connectivity index (χ1) is 16.2. The molecule has 1 unspecified atom stereocenters. The van der Waals surface area contributed by atoms with Crippen LogP contribution >= 0.6 is 0 Å². The number of amides is 1. The van der Waals surface area contributed by atoms with Crippen molar-refractivity contribution in [2.75, 3.05) is 23.8 Å². The predicted octanol–water partition coefficient (Wildman–Crippen LogP) is 4.73. The SMILES string of the molecule is CCC(C)c1ccccc1OCC(=O)Nc1cc(S(=O)(=O)Nc2ccccc2OC)ccc1O. The molecule has 34 heavy (non-hydrogen) atoms. The summed E-state index contributed by atoms with van der Waals surface area (Å²) in [5.74, 6) is 0.411. The van der Waals surface area contributed by atoms with E-state index < -0.39 is 15.9 Å². The van der Waals surface area contributed by atoms with E-state index in [1.807, 2.05) is 18.2 Å². The summed E-state index contributed by atoms with van der Waals surface area (Å²) in [6, 6.07) is 17.7. The number of methoxy groups -OCH3 is 1. The maximum absolute atomic E-state index is 12.9. The van der Waals surface area contributed by atoms with Crippen molar-refractivity contribution in [3.05, 3.63) is 72.3 Å². The number of carbonyl (C=O) groups excluding carboxylic acids is 1. The van der Waals surface area contributed by atoms with Gasteiger partial charge in [-0.15, -0.1) is 0 Å². The first-order valence-corrected chi connectivity index (χ1v) is 12.2. The molecule has 3 aromatic rings. The van der Waals surface area contributed by atoms with Gasteiger partial charge < -0.3 is 19.9 Å². The van der Waals surface area contributed by atoms with Crippen LogP contribution in [0.4, 0.5) is 11.4 Å². The predicted molar refractivity (Wildman–Crippen MR) is 131 cm³/mol. The third-order valence-electron chi connectivity index (χ3n) is 5.32. The Balaban J connectivity index is 1.73. The second kappa shape index (κ2) is 10.9. The highest BCUT2D eigenvalue weighted by Crippen LogP contribution is 2.31. The molecule has 0 bridgehead atoms. The van der Waals surface area contributed by atoms with Crippen molar-refractivity contribution in [2.45, 2.75) is 31.1 Å². The van der Waals surface area contributed by atoms with Crippen molar-refractivity contribution in [3.63, 3.8) is 0 Å². The van der Waals surface area contributed by atoms with E-state index in [-0.39, 0.29) is 34.5 Å². The Morgan fingerprint density at radius 3 is 2.38 bits per heavy atom. The second-order valence-electron chi connectivity index (χ2n) is 7.67. The summed E-state index contributed by atoms with van der Waals surface area (Å²) in [4.78, 5) is 12.4. The molecule has 8 nitrogen and oxygen atoms in total. The highest BCUT2D eigenvalue weighted by atomic mass is 32.2. The van der Waals surface area contributed by atoms with Gasteiger partial charge in [-0.3, -0.25) is 9.52 Å². The lowest BCUT2D eigenvalue weighted by molar-refractivity contribution is -0.118. The molecule has 3 N–H and O–H groups in total. The molecule has 1 atom stereocenters. The Kier molecular flexibility index (Phi) is 8.01. The average molecular weight is 485 g/mol. The van der Waals surface area contributed by atoms with Crippen LogP contribution in [0.15, 0.2) is 71.6 Å². The molecule has 0 saturated carbocycles.